The summed E-state index contributed by atoms with van der Waals surface area (Å²) in [6, 6.07) is 23.3. The number of Topliss-reactive ketones (excluding diaryl/α,β-unsaturated/α-hetero) is 1. The van der Waals surface area contributed by atoms with E-state index in [1.165, 1.54) is 0 Å². The van der Waals surface area contributed by atoms with Crippen molar-refractivity contribution < 1.29 is 14.3 Å². The Balaban J connectivity index is 1.59. The van der Waals surface area contributed by atoms with E-state index >= 15 is 0 Å². The Kier molecular flexibility index (Phi) is 7.08. The Labute approximate surface area is 175 Å². The lowest BCUT2D eigenvalue weighted by atomic mass is 10.1. The minimum absolute atomic E-state index is 0.0485. The number of benzene rings is 3. The molecule has 0 radical (unpaired) electrons. The van der Waals surface area contributed by atoms with Crippen LogP contribution < -0.4 is 10.1 Å². The van der Waals surface area contributed by atoms with Gasteiger partial charge >= 0.3 is 6.09 Å². The Bertz CT molecular complexity index is 1030. The molecule has 1 amide bonds. The fraction of sp³-hybridized carbons (Fsp3) is 0.125. The van der Waals surface area contributed by atoms with E-state index in [-0.39, 0.29) is 5.78 Å². The van der Waals surface area contributed by atoms with Gasteiger partial charge in [0.2, 0.25) is 0 Å². The van der Waals surface area contributed by atoms with Crippen LogP contribution in [0.15, 0.2) is 83.9 Å². The first kappa shape index (κ1) is 21.0. The second-order valence-corrected chi connectivity index (χ2v) is 6.92. The van der Waals surface area contributed by atoms with E-state index in [9.17, 15) is 9.59 Å². The van der Waals surface area contributed by atoms with Gasteiger partial charge in [-0.15, -0.1) is 0 Å². The molecule has 0 spiro atoms. The van der Waals surface area contributed by atoms with Gasteiger partial charge in [0.05, 0.1) is 12.2 Å². The number of ketones is 1. The summed E-state index contributed by atoms with van der Waals surface area (Å²) in [5, 5.41) is 2.66. The molecule has 0 saturated heterocycles. The van der Waals surface area contributed by atoms with E-state index in [4.69, 9.17) is 4.74 Å². The summed E-state index contributed by atoms with van der Waals surface area (Å²) in [7, 11) is 3.72. The van der Waals surface area contributed by atoms with Gasteiger partial charge in [0.25, 0.3) is 0 Å². The molecule has 0 bridgehead atoms. The number of anilines is 1. The Morgan fingerprint density at radius 1 is 0.967 bits per heavy atom. The fourth-order valence-electron chi connectivity index (χ4n) is 2.68. The van der Waals surface area contributed by atoms with Crippen molar-refractivity contribution in [2.75, 3.05) is 26.0 Å². The summed E-state index contributed by atoms with van der Waals surface area (Å²) in [6.45, 7) is 0.354. The van der Waals surface area contributed by atoms with Crippen molar-refractivity contribution in [3.63, 3.8) is 0 Å². The van der Waals surface area contributed by atoms with Crippen LogP contribution in [0, 0.1) is 0 Å². The molecule has 0 heterocycles. The van der Waals surface area contributed by atoms with E-state index < -0.39 is 6.09 Å². The molecule has 0 fully saturated rings. The molecule has 0 aliphatic rings. The van der Waals surface area contributed by atoms with Gasteiger partial charge in [-0.1, -0.05) is 30.3 Å². The topological polar surface area (TPSA) is 71.0 Å². The number of hydrogen-bond acceptors (Lipinski definition) is 5. The molecule has 3 rings (SSSR count). The summed E-state index contributed by atoms with van der Waals surface area (Å²) in [5.74, 6) is 0.476. The van der Waals surface area contributed by atoms with Crippen LogP contribution in [0.5, 0.6) is 5.75 Å². The van der Waals surface area contributed by atoms with Gasteiger partial charge in [-0.05, 0) is 68.2 Å². The zero-order valence-corrected chi connectivity index (χ0v) is 16.9. The number of ether oxygens (including phenoxy) is 1. The van der Waals surface area contributed by atoms with Crippen LogP contribution in [0.4, 0.5) is 16.2 Å². The molecule has 3 aromatic rings. The maximum absolute atomic E-state index is 12.2. The van der Waals surface area contributed by atoms with Gasteiger partial charge in [0.1, 0.15) is 5.75 Å². The van der Waals surface area contributed by atoms with Gasteiger partial charge in [0, 0.05) is 17.5 Å². The lowest BCUT2D eigenvalue weighted by Crippen LogP contribution is -2.21. The third kappa shape index (κ3) is 6.39. The number of likely N-dealkylation sites (N-methyl/N-ethyl adjacent to an activating group) is 1. The predicted molar refractivity (Wildman–Crippen MR) is 119 cm³/mol. The van der Waals surface area contributed by atoms with Gasteiger partial charge in [-0.2, -0.15) is 0 Å². The quantitative estimate of drug-likeness (QED) is 0.456. The molecule has 6 heteroatoms. The number of nitrogens with zero attached hydrogens (tertiary/aromatic N) is 2. The van der Waals surface area contributed by atoms with Crippen molar-refractivity contribution in [2.24, 2.45) is 4.99 Å². The second kappa shape index (κ2) is 10.1. The summed E-state index contributed by atoms with van der Waals surface area (Å²) in [5.41, 5.74) is 2.84. The van der Waals surface area contributed by atoms with Crippen molar-refractivity contribution in [1.29, 1.82) is 0 Å². The SMILES string of the molecule is CN(C)CC(=O)c1cccc(N=Cc2ccc(OC(=O)Nc3ccccc3)cc2)c1. The summed E-state index contributed by atoms with van der Waals surface area (Å²) in [6.07, 6.45) is 1.14. The molecule has 0 atom stereocenters. The van der Waals surface area contributed by atoms with Crippen LogP contribution in [0.2, 0.25) is 0 Å². The number of nitrogens with one attached hydrogen (secondary N) is 1. The van der Waals surface area contributed by atoms with Crippen molar-refractivity contribution in [1.82, 2.24) is 4.90 Å². The maximum atomic E-state index is 12.2. The minimum Gasteiger partial charge on any atom is -0.410 e. The monoisotopic (exact) mass is 401 g/mol. The van der Waals surface area contributed by atoms with Crippen LogP contribution in [-0.2, 0) is 0 Å². The van der Waals surface area contributed by atoms with Crippen LogP contribution in [-0.4, -0.2) is 43.6 Å². The first-order valence-electron chi connectivity index (χ1n) is 9.45. The average Bonchev–Trinajstić information content (AvgIpc) is 2.73. The number of hydrogen-bond donors (Lipinski definition) is 1. The highest BCUT2D eigenvalue weighted by atomic mass is 16.6. The molecular weight excluding hydrogens is 378 g/mol. The summed E-state index contributed by atoms with van der Waals surface area (Å²) in [4.78, 5) is 30.4. The Morgan fingerprint density at radius 3 is 2.40 bits per heavy atom. The van der Waals surface area contributed by atoms with Crippen molar-refractivity contribution in [3.8, 4) is 5.75 Å². The zero-order valence-electron chi connectivity index (χ0n) is 16.9. The average molecular weight is 401 g/mol. The number of carbonyl (C=O) groups is 2. The van der Waals surface area contributed by atoms with E-state index in [1.807, 2.05) is 49.3 Å². The number of aliphatic imine (C=N–C) groups is 1. The molecule has 0 aliphatic heterocycles. The highest BCUT2D eigenvalue weighted by Gasteiger charge is 2.07. The largest absolute Gasteiger partial charge is 0.417 e. The molecule has 1 N–H and O–H groups in total. The molecule has 0 aromatic heterocycles. The van der Waals surface area contributed by atoms with E-state index in [0.29, 0.717) is 29.2 Å². The van der Waals surface area contributed by atoms with Crippen LogP contribution in [0.25, 0.3) is 0 Å². The number of carbonyl (C=O) groups excluding carboxylic acids is 2. The van der Waals surface area contributed by atoms with E-state index in [2.05, 4.69) is 10.3 Å². The fourth-order valence-corrected chi connectivity index (χ4v) is 2.68. The van der Waals surface area contributed by atoms with Crippen LogP contribution in [0.1, 0.15) is 15.9 Å². The zero-order chi connectivity index (χ0) is 21.3. The molecule has 0 aliphatic carbocycles. The third-order valence-corrected chi connectivity index (χ3v) is 4.10. The first-order chi connectivity index (χ1) is 14.5. The second-order valence-electron chi connectivity index (χ2n) is 6.92. The van der Waals surface area contributed by atoms with Crippen molar-refractivity contribution >= 4 is 29.5 Å². The summed E-state index contributed by atoms with van der Waals surface area (Å²) < 4.78 is 5.27. The van der Waals surface area contributed by atoms with Gasteiger partial charge < -0.3 is 9.64 Å². The smallest absolute Gasteiger partial charge is 0.410 e. The highest BCUT2D eigenvalue weighted by Crippen LogP contribution is 2.17. The summed E-state index contributed by atoms with van der Waals surface area (Å²) >= 11 is 0. The van der Waals surface area contributed by atoms with Crippen molar-refractivity contribution in [3.05, 3.63) is 90.0 Å². The van der Waals surface area contributed by atoms with E-state index in [0.717, 1.165) is 5.56 Å². The third-order valence-electron chi connectivity index (χ3n) is 4.10. The number of para-hydroxylation sites is 1. The molecule has 0 saturated carbocycles. The van der Waals surface area contributed by atoms with Crippen LogP contribution >= 0.6 is 0 Å². The minimum atomic E-state index is -0.554. The standard InChI is InChI=1S/C24H23N3O3/c1-27(2)17-23(28)19-7-6-10-21(15-19)25-16-18-11-13-22(14-12-18)30-24(29)26-20-8-4-3-5-9-20/h3-16H,17H2,1-2H3,(H,26,29). The van der Waals surface area contributed by atoms with Gasteiger partial charge in [-0.3, -0.25) is 15.1 Å². The maximum Gasteiger partial charge on any atom is 0.417 e. The normalized spacial score (nSPS) is 10.9. The number of rotatable bonds is 7. The highest BCUT2D eigenvalue weighted by molar-refractivity contribution is 5.98. The van der Waals surface area contributed by atoms with Gasteiger partial charge in [0.15, 0.2) is 5.78 Å². The molecular formula is C24H23N3O3. The molecule has 3 aromatic carbocycles. The first-order valence-corrected chi connectivity index (χ1v) is 9.45. The lowest BCUT2D eigenvalue weighted by Gasteiger charge is -2.08. The Hall–Kier alpha value is -3.77. The Morgan fingerprint density at radius 2 is 1.70 bits per heavy atom. The molecule has 0 unspecified atom stereocenters. The number of amides is 1. The van der Waals surface area contributed by atoms with Crippen molar-refractivity contribution in [2.45, 2.75) is 0 Å². The van der Waals surface area contributed by atoms with Crippen LogP contribution in [0.3, 0.4) is 0 Å². The predicted octanol–water partition coefficient (Wildman–Crippen LogP) is 4.79. The lowest BCUT2D eigenvalue weighted by molar-refractivity contribution is 0.0958. The molecule has 30 heavy (non-hydrogen) atoms. The van der Waals surface area contributed by atoms with E-state index in [1.54, 1.807) is 54.7 Å². The van der Waals surface area contributed by atoms with Gasteiger partial charge in [-0.25, -0.2) is 4.79 Å². The molecule has 6 nitrogen and oxygen atoms in total. The molecule has 152 valence electrons.